The van der Waals surface area contributed by atoms with E-state index in [0.717, 1.165) is 6.07 Å². The van der Waals surface area contributed by atoms with Gasteiger partial charge in [0.05, 0.1) is 36.0 Å². The van der Waals surface area contributed by atoms with Crippen molar-refractivity contribution in [3.63, 3.8) is 0 Å². The van der Waals surface area contributed by atoms with Crippen LogP contribution in [0.3, 0.4) is 0 Å². The maximum absolute atomic E-state index is 13.7. The summed E-state index contributed by atoms with van der Waals surface area (Å²) in [5.74, 6) is -1.06. The van der Waals surface area contributed by atoms with Crippen LogP contribution in [0, 0.1) is 0 Å². The van der Waals surface area contributed by atoms with Gasteiger partial charge in [0.2, 0.25) is 5.91 Å². The molecule has 2 N–H and O–H groups in total. The fraction of sp³-hybridized carbons (Fsp3) is 0.409. The zero-order valence-electron chi connectivity index (χ0n) is 18.2. The van der Waals surface area contributed by atoms with Gasteiger partial charge in [-0.1, -0.05) is 24.3 Å². The van der Waals surface area contributed by atoms with Crippen molar-refractivity contribution in [1.29, 1.82) is 0 Å². The molecule has 8 nitrogen and oxygen atoms in total. The van der Waals surface area contributed by atoms with Crippen LogP contribution in [0.4, 0.5) is 18.0 Å². The molecule has 0 aliphatic carbocycles. The van der Waals surface area contributed by atoms with E-state index in [0.29, 0.717) is 0 Å². The van der Waals surface area contributed by atoms with E-state index in [4.69, 9.17) is 4.74 Å². The molecular formula is C22H25F3N4O4. The number of hydrogen-bond acceptors (Lipinski definition) is 4. The van der Waals surface area contributed by atoms with Crippen molar-refractivity contribution in [2.24, 2.45) is 0 Å². The molecule has 4 amide bonds. The van der Waals surface area contributed by atoms with Crippen molar-refractivity contribution in [3.8, 4) is 0 Å². The highest BCUT2D eigenvalue weighted by Gasteiger charge is 2.47. The normalized spacial score (nSPS) is 19.4. The minimum atomic E-state index is -4.68. The summed E-state index contributed by atoms with van der Waals surface area (Å²) in [7, 11) is 1.48. The van der Waals surface area contributed by atoms with Gasteiger partial charge in [-0.05, 0) is 18.6 Å². The van der Waals surface area contributed by atoms with E-state index in [1.54, 1.807) is 0 Å². The zero-order chi connectivity index (χ0) is 24.3. The van der Waals surface area contributed by atoms with Crippen molar-refractivity contribution >= 4 is 17.8 Å². The molecule has 0 unspecified atom stereocenters. The quantitative estimate of drug-likeness (QED) is 0.454. The number of methoxy groups -OCH3 is 1. The molecule has 1 aromatic carbocycles. The first-order valence-electron chi connectivity index (χ1n) is 10.3. The monoisotopic (exact) mass is 466 g/mol. The molecule has 1 aromatic rings. The van der Waals surface area contributed by atoms with Crippen LogP contribution in [-0.2, 0) is 20.5 Å². The van der Waals surface area contributed by atoms with Crippen LogP contribution < -0.4 is 10.6 Å². The Bertz CT molecular complexity index is 992. The summed E-state index contributed by atoms with van der Waals surface area (Å²) < 4.78 is 46.0. The second-order valence-corrected chi connectivity index (χ2v) is 7.62. The minimum Gasteiger partial charge on any atom is -0.383 e. The Morgan fingerprint density at radius 2 is 2.06 bits per heavy atom. The number of alkyl halides is 3. The van der Waals surface area contributed by atoms with Crippen LogP contribution in [-0.4, -0.2) is 67.0 Å². The zero-order valence-corrected chi connectivity index (χ0v) is 18.2. The maximum Gasteiger partial charge on any atom is 0.416 e. The van der Waals surface area contributed by atoms with Crippen LogP contribution >= 0.6 is 0 Å². The van der Waals surface area contributed by atoms with Gasteiger partial charge < -0.3 is 20.3 Å². The summed E-state index contributed by atoms with van der Waals surface area (Å²) >= 11 is 0. The van der Waals surface area contributed by atoms with E-state index in [-0.39, 0.29) is 43.1 Å². The van der Waals surface area contributed by atoms with Gasteiger partial charge in [0, 0.05) is 20.2 Å². The lowest BCUT2D eigenvalue weighted by Gasteiger charge is -2.33. The number of carbonyl (C=O) groups excluding carboxylic acids is 3. The smallest absolute Gasteiger partial charge is 0.383 e. The van der Waals surface area contributed by atoms with Crippen LogP contribution in [0.2, 0.25) is 0 Å². The Labute approximate surface area is 189 Å². The van der Waals surface area contributed by atoms with E-state index in [1.165, 1.54) is 48.1 Å². The lowest BCUT2D eigenvalue weighted by Crippen LogP contribution is -2.47. The fourth-order valence-electron chi connectivity index (χ4n) is 3.95. The number of ether oxygens (including phenoxy) is 1. The molecule has 2 heterocycles. The number of urea groups is 1. The second-order valence-electron chi connectivity index (χ2n) is 7.62. The topological polar surface area (TPSA) is 91.0 Å². The Morgan fingerprint density at radius 3 is 2.70 bits per heavy atom. The van der Waals surface area contributed by atoms with Crippen LogP contribution in [0.25, 0.3) is 0 Å². The third kappa shape index (κ3) is 4.72. The summed E-state index contributed by atoms with van der Waals surface area (Å²) in [4.78, 5) is 41.2. The molecule has 11 heteroatoms. The van der Waals surface area contributed by atoms with E-state index < -0.39 is 41.7 Å². The van der Waals surface area contributed by atoms with Gasteiger partial charge in [-0.3, -0.25) is 14.5 Å². The molecule has 0 saturated carbocycles. The van der Waals surface area contributed by atoms with Gasteiger partial charge in [0.1, 0.15) is 6.04 Å². The number of carbonyl (C=O) groups is 3. The first-order valence-corrected chi connectivity index (χ1v) is 10.3. The molecule has 0 bridgehead atoms. The van der Waals surface area contributed by atoms with E-state index in [2.05, 4.69) is 17.2 Å². The summed E-state index contributed by atoms with van der Waals surface area (Å²) in [6.45, 7) is 5.59. The molecule has 2 aliphatic heterocycles. The van der Waals surface area contributed by atoms with E-state index in [9.17, 15) is 27.6 Å². The maximum atomic E-state index is 13.7. The summed E-state index contributed by atoms with van der Waals surface area (Å²) in [6.07, 6.45) is -3.24. The SMILES string of the molecule is C=CCN1C(=O)N[C@H](c2ccccc2C(F)(F)F)C2=C1CN([C@@H](C)C(=O)NCCOC)C2=O. The average molecular weight is 466 g/mol. The molecule has 0 spiro atoms. The standard InChI is InChI=1S/C22H25F3N4O4/c1-4-10-28-16-12-29(13(2)19(30)26-9-11-33-3)20(31)17(16)18(27-21(28)32)14-7-5-6-8-15(14)22(23,24)25/h4-8,13,18H,1,9-12H2,2-3H3,(H,26,30)(H,27,32)/t13-,18+/m0/s1. The third-order valence-electron chi connectivity index (χ3n) is 5.59. The number of nitrogens with zero attached hydrogens (tertiary/aromatic N) is 2. The largest absolute Gasteiger partial charge is 0.416 e. The average Bonchev–Trinajstić information content (AvgIpc) is 3.11. The van der Waals surface area contributed by atoms with Crippen molar-refractivity contribution in [2.45, 2.75) is 25.2 Å². The molecule has 0 aromatic heterocycles. The Morgan fingerprint density at radius 1 is 1.36 bits per heavy atom. The number of halogens is 3. The predicted molar refractivity (Wildman–Crippen MR) is 113 cm³/mol. The van der Waals surface area contributed by atoms with E-state index >= 15 is 0 Å². The summed E-state index contributed by atoms with van der Waals surface area (Å²) in [5, 5.41) is 5.17. The lowest BCUT2D eigenvalue weighted by atomic mass is 9.91. The van der Waals surface area contributed by atoms with Crippen molar-refractivity contribution in [1.82, 2.24) is 20.4 Å². The van der Waals surface area contributed by atoms with Crippen molar-refractivity contribution in [2.75, 3.05) is 33.4 Å². The Hall–Kier alpha value is -3.34. The highest BCUT2D eigenvalue weighted by Crippen LogP contribution is 2.41. The number of nitrogens with one attached hydrogen (secondary N) is 2. The first kappa shape index (κ1) is 24.3. The van der Waals surface area contributed by atoms with Crippen LogP contribution in [0.15, 0.2) is 48.2 Å². The van der Waals surface area contributed by atoms with Gasteiger partial charge in [0.25, 0.3) is 5.91 Å². The number of amides is 4. The van der Waals surface area contributed by atoms with Crippen molar-refractivity contribution in [3.05, 3.63) is 59.3 Å². The second kappa shape index (κ2) is 9.65. The molecule has 0 saturated heterocycles. The molecule has 3 rings (SSSR count). The molecule has 2 atom stereocenters. The molecule has 0 fully saturated rings. The predicted octanol–water partition coefficient (Wildman–Crippen LogP) is 2.21. The molecule has 33 heavy (non-hydrogen) atoms. The number of rotatable bonds is 8. The van der Waals surface area contributed by atoms with Gasteiger partial charge in [0.15, 0.2) is 0 Å². The van der Waals surface area contributed by atoms with Gasteiger partial charge in [-0.2, -0.15) is 13.2 Å². The summed E-state index contributed by atoms with van der Waals surface area (Å²) in [5.41, 5.74) is -0.931. The molecular weight excluding hydrogens is 441 g/mol. The van der Waals surface area contributed by atoms with Crippen LogP contribution in [0.5, 0.6) is 0 Å². The minimum absolute atomic E-state index is 0.00434. The van der Waals surface area contributed by atoms with Crippen molar-refractivity contribution < 1.29 is 32.3 Å². The lowest BCUT2D eigenvalue weighted by molar-refractivity contribution is -0.138. The fourth-order valence-corrected chi connectivity index (χ4v) is 3.95. The van der Waals surface area contributed by atoms with Gasteiger partial charge in [-0.25, -0.2) is 4.79 Å². The highest BCUT2D eigenvalue weighted by molar-refractivity contribution is 6.03. The Kier molecular flexibility index (Phi) is 7.11. The molecule has 178 valence electrons. The molecule has 2 aliphatic rings. The Balaban J connectivity index is 2.01. The number of hydrogen-bond donors (Lipinski definition) is 2. The van der Waals surface area contributed by atoms with Gasteiger partial charge >= 0.3 is 12.2 Å². The third-order valence-corrected chi connectivity index (χ3v) is 5.59. The van der Waals surface area contributed by atoms with E-state index in [1.807, 2.05) is 0 Å². The molecule has 0 radical (unpaired) electrons. The first-order chi connectivity index (χ1) is 15.6. The summed E-state index contributed by atoms with van der Waals surface area (Å²) in [6, 6.07) is 1.91. The van der Waals surface area contributed by atoms with Crippen LogP contribution in [0.1, 0.15) is 24.1 Å². The number of benzene rings is 1. The highest BCUT2D eigenvalue weighted by atomic mass is 19.4. The van der Waals surface area contributed by atoms with Gasteiger partial charge in [-0.15, -0.1) is 6.58 Å².